The minimum absolute atomic E-state index is 0.206. The summed E-state index contributed by atoms with van der Waals surface area (Å²) in [5.41, 5.74) is 2.73. The molecular weight excluding hydrogens is 314 g/mol. The summed E-state index contributed by atoms with van der Waals surface area (Å²) < 4.78 is 7.05. The van der Waals surface area contributed by atoms with Crippen LogP contribution in [-0.4, -0.2) is 15.7 Å². The average Bonchev–Trinajstić information content (AvgIpc) is 3.10. The molecule has 0 aliphatic carbocycles. The lowest BCUT2D eigenvalue weighted by Gasteiger charge is -2.05. The summed E-state index contributed by atoms with van der Waals surface area (Å²) in [6.07, 6.45) is 1.97. The maximum atomic E-state index is 12.6. The molecule has 0 radical (unpaired) electrons. The van der Waals surface area contributed by atoms with Crippen molar-refractivity contribution >= 4 is 5.97 Å². The zero-order chi connectivity index (χ0) is 17.5. The number of aromatic nitrogens is 2. The third-order valence-electron chi connectivity index (χ3n) is 3.69. The summed E-state index contributed by atoms with van der Waals surface area (Å²) in [5.74, 6) is -0.425. The second kappa shape index (κ2) is 7.93. The Hall–Kier alpha value is -3.39. The Bertz CT molecular complexity index is 880. The van der Waals surface area contributed by atoms with Crippen LogP contribution in [0, 0.1) is 11.3 Å². The van der Waals surface area contributed by atoms with Gasteiger partial charge in [0.15, 0.2) is 0 Å². The maximum Gasteiger partial charge on any atom is 0.342 e. The van der Waals surface area contributed by atoms with E-state index in [2.05, 4.69) is 11.2 Å². The van der Waals surface area contributed by atoms with Gasteiger partial charge in [-0.1, -0.05) is 60.7 Å². The monoisotopic (exact) mass is 331 g/mol. The number of aryl methyl sites for hydroxylation is 1. The number of hydrogen-bond donors (Lipinski definition) is 0. The van der Waals surface area contributed by atoms with Crippen LogP contribution in [0.2, 0.25) is 0 Å². The molecule has 0 saturated heterocycles. The first kappa shape index (κ1) is 16.5. The van der Waals surface area contributed by atoms with Gasteiger partial charge in [0.05, 0.1) is 19.0 Å². The minimum Gasteiger partial charge on any atom is -0.457 e. The van der Waals surface area contributed by atoms with Gasteiger partial charge in [-0.25, -0.2) is 4.79 Å². The van der Waals surface area contributed by atoms with E-state index >= 15 is 0 Å². The molecule has 25 heavy (non-hydrogen) atoms. The molecule has 1 aromatic heterocycles. The lowest BCUT2D eigenvalue weighted by molar-refractivity contribution is 0.0473. The van der Waals surface area contributed by atoms with Gasteiger partial charge in [0.2, 0.25) is 0 Å². The van der Waals surface area contributed by atoms with Crippen molar-refractivity contribution in [2.75, 3.05) is 0 Å². The molecule has 0 atom stereocenters. The van der Waals surface area contributed by atoms with Crippen molar-refractivity contribution < 1.29 is 9.53 Å². The third kappa shape index (κ3) is 4.12. The molecule has 0 unspecified atom stereocenters. The van der Waals surface area contributed by atoms with Crippen LogP contribution < -0.4 is 0 Å². The highest BCUT2D eigenvalue weighted by atomic mass is 16.5. The molecule has 0 aliphatic rings. The van der Waals surface area contributed by atoms with Gasteiger partial charge in [0, 0.05) is 11.8 Å². The van der Waals surface area contributed by atoms with Crippen LogP contribution in [0.4, 0.5) is 0 Å². The number of benzene rings is 2. The summed E-state index contributed by atoms with van der Waals surface area (Å²) in [4.78, 5) is 12.6. The van der Waals surface area contributed by atoms with Gasteiger partial charge < -0.3 is 4.74 Å². The number of esters is 1. The highest BCUT2D eigenvalue weighted by Gasteiger charge is 2.19. The number of nitrogens with zero attached hydrogens (tertiary/aromatic N) is 3. The molecular formula is C20H17N3O2. The average molecular weight is 331 g/mol. The Morgan fingerprint density at radius 3 is 2.44 bits per heavy atom. The number of hydrogen-bond acceptors (Lipinski definition) is 4. The van der Waals surface area contributed by atoms with E-state index in [9.17, 15) is 4.79 Å². The Morgan fingerprint density at radius 1 is 1.08 bits per heavy atom. The van der Waals surface area contributed by atoms with Gasteiger partial charge in [-0.15, -0.1) is 0 Å². The number of nitriles is 1. The first-order chi connectivity index (χ1) is 12.3. The highest BCUT2D eigenvalue weighted by Crippen LogP contribution is 2.23. The Morgan fingerprint density at radius 2 is 1.76 bits per heavy atom. The van der Waals surface area contributed by atoms with Crippen molar-refractivity contribution in [1.82, 2.24) is 9.78 Å². The third-order valence-corrected chi connectivity index (χ3v) is 3.69. The number of carbonyl (C=O) groups excluding carboxylic acids is 1. The van der Waals surface area contributed by atoms with Crippen molar-refractivity contribution in [3.05, 3.63) is 78.0 Å². The van der Waals surface area contributed by atoms with E-state index in [1.54, 1.807) is 10.9 Å². The Kier molecular flexibility index (Phi) is 5.22. The van der Waals surface area contributed by atoms with Crippen molar-refractivity contribution in [3.63, 3.8) is 0 Å². The van der Waals surface area contributed by atoms with Crippen molar-refractivity contribution in [3.8, 4) is 17.3 Å². The van der Waals surface area contributed by atoms with E-state index in [4.69, 9.17) is 10.00 Å². The smallest absolute Gasteiger partial charge is 0.342 e. The highest BCUT2D eigenvalue weighted by molar-refractivity contribution is 5.96. The molecule has 5 heteroatoms. The van der Waals surface area contributed by atoms with Gasteiger partial charge in [0.1, 0.15) is 17.9 Å². The normalized spacial score (nSPS) is 10.2. The fourth-order valence-corrected chi connectivity index (χ4v) is 2.46. The van der Waals surface area contributed by atoms with Gasteiger partial charge in [-0.3, -0.25) is 4.68 Å². The molecule has 5 nitrogen and oxygen atoms in total. The quantitative estimate of drug-likeness (QED) is 0.644. The first-order valence-corrected chi connectivity index (χ1v) is 7.99. The van der Waals surface area contributed by atoms with E-state index < -0.39 is 5.97 Å². The van der Waals surface area contributed by atoms with Crippen LogP contribution in [0.3, 0.4) is 0 Å². The van der Waals surface area contributed by atoms with E-state index in [-0.39, 0.29) is 6.61 Å². The molecule has 1 heterocycles. The predicted octanol–water partition coefficient (Wildman–Crippen LogP) is 3.82. The van der Waals surface area contributed by atoms with Gasteiger partial charge in [-0.05, 0) is 5.56 Å². The van der Waals surface area contributed by atoms with Gasteiger partial charge >= 0.3 is 5.97 Å². The molecule has 0 amide bonds. The molecule has 0 aliphatic heterocycles. The Labute approximate surface area is 146 Å². The van der Waals surface area contributed by atoms with E-state index in [0.29, 0.717) is 24.2 Å². The minimum atomic E-state index is -0.425. The molecule has 3 rings (SSSR count). The summed E-state index contributed by atoms with van der Waals surface area (Å²) in [5, 5.41) is 13.2. The van der Waals surface area contributed by atoms with Crippen LogP contribution in [0.25, 0.3) is 11.3 Å². The predicted molar refractivity (Wildman–Crippen MR) is 93.5 cm³/mol. The van der Waals surface area contributed by atoms with Crippen molar-refractivity contribution in [1.29, 1.82) is 5.26 Å². The van der Waals surface area contributed by atoms with Crippen LogP contribution in [0.1, 0.15) is 22.3 Å². The van der Waals surface area contributed by atoms with Crippen molar-refractivity contribution in [2.24, 2.45) is 0 Å². The van der Waals surface area contributed by atoms with Gasteiger partial charge in [-0.2, -0.15) is 10.4 Å². The summed E-state index contributed by atoms with van der Waals surface area (Å²) >= 11 is 0. The topological polar surface area (TPSA) is 67.9 Å². The fourth-order valence-electron chi connectivity index (χ4n) is 2.46. The first-order valence-electron chi connectivity index (χ1n) is 7.99. The molecule has 0 saturated carbocycles. The molecule has 2 aromatic carbocycles. The van der Waals surface area contributed by atoms with E-state index in [1.807, 2.05) is 60.7 Å². The molecule has 124 valence electrons. The lowest BCUT2D eigenvalue weighted by atomic mass is 10.1. The van der Waals surface area contributed by atoms with Crippen molar-refractivity contribution in [2.45, 2.75) is 19.6 Å². The summed E-state index contributed by atoms with van der Waals surface area (Å²) in [6, 6.07) is 21.1. The van der Waals surface area contributed by atoms with E-state index in [0.717, 1.165) is 11.1 Å². The van der Waals surface area contributed by atoms with Gasteiger partial charge in [0.25, 0.3) is 0 Å². The van der Waals surface area contributed by atoms with E-state index in [1.165, 1.54) is 0 Å². The zero-order valence-corrected chi connectivity index (χ0v) is 13.6. The lowest BCUT2D eigenvalue weighted by Crippen LogP contribution is -2.05. The fraction of sp³-hybridized carbons (Fsp3) is 0.150. The Balaban J connectivity index is 1.84. The number of carbonyl (C=O) groups is 1. The zero-order valence-electron chi connectivity index (χ0n) is 13.6. The molecule has 0 fully saturated rings. The number of ether oxygens (including phenoxy) is 1. The summed E-state index contributed by atoms with van der Waals surface area (Å²) in [7, 11) is 0. The summed E-state index contributed by atoms with van der Waals surface area (Å²) in [6.45, 7) is 0.638. The van der Waals surface area contributed by atoms with Crippen LogP contribution in [-0.2, 0) is 17.9 Å². The molecule has 0 spiro atoms. The second-order valence-electron chi connectivity index (χ2n) is 5.49. The maximum absolute atomic E-state index is 12.6. The largest absolute Gasteiger partial charge is 0.457 e. The molecule has 0 bridgehead atoms. The second-order valence-corrected chi connectivity index (χ2v) is 5.49. The van der Waals surface area contributed by atoms with Crippen LogP contribution >= 0.6 is 0 Å². The van der Waals surface area contributed by atoms with Crippen LogP contribution in [0.15, 0.2) is 66.9 Å². The number of rotatable bonds is 6. The standard InChI is InChI=1S/C20H17N3O2/c21-12-7-13-23-14-18(19(22-23)17-10-5-2-6-11-17)20(24)25-15-16-8-3-1-4-9-16/h1-6,8-11,14H,7,13,15H2. The SMILES string of the molecule is N#CCCn1cc(C(=O)OCc2ccccc2)c(-c2ccccc2)n1. The van der Waals surface area contributed by atoms with Crippen LogP contribution in [0.5, 0.6) is 0 Å². The molecule has 0 N–H and O–H groups in total. The molecule has 3 aromatic rings.